The summed E-state index contributed by atoms with van der Waals surface area (Å²) in [6, 6.07) is 2.34. The lowest BCUT2D eigenvalue weighted by molar-refractivity contribution is 0.737. The van der Waals surface area contributed by atoms with Gasteiger partial charge in [-0.15, -0.1) is 0 Å². The second-order valence-electron chi connectivity index (χ2n) is 4.54. The van der Waals surface area contributed by atoms with Gasteiger partial charge in [0.05, 0.1) is 11.9 Å². The van der Waals surface area contributed by atoms with Crippen molar-refractivity contribution < 1.29 is 0 Å². The summed E-state index contributed by atoms with van der Waals surface area (Å²) in [6.07, 6.45) is 7.30. The zero-order valence-corrected chi connectivity index (χ0v) is 8.66. The Labute approximate surface area is 85.0 Å². The first-order valence-corrected chi connectivity index (χ1v) is 5.54. The number of aromatic nitrogens is 1. The van der Waals surface area contributed by atoms with E-state index in [0.717, 1.165) is 5.92 Å². The molecule has 0 atom stereocenters. The number of pyridine rings is 1. The van der Waals surface area contributed by atoms with Gasteiger partial charge in [0.2, 0.25) is 0 Å². The molecular formula is C12H16N2. The average Bonchev–Trinajstić information content (AvgIpc) is 3.01. The van der Waals surface area contributed by atoms with Crippen molar-refractivity contribution in [1.29, 1.82) is 0 Å². The first kappa shape index (κ1) is 8.27. The minimum atomic E-state index is 0.785. The van der Waals surface area contributed by atoms with Crippen LogP contribution in [0.1, 0.15) is 36.4 Å². The predicted octanol–water partition coefficient (Wildman–Crippen LogP) is 2.34. The van der Waals surface area contributed by atoms with Gasteiger partial charge in [-0.05, 0) is 37.3 Å². The Morgan fingerprint density at radius 3 is 3.07 bits per heavy atom. The third-order valence-electron chi connectivity index (χ3n) is 3.33. The zero-order valence-electron chi connectivity index (χ0n) is 8.66. The molecule has 74 valence electrons. The van der Waals surface area contributed by atoms with Crippen LogP contribution in [0.3, 0.4) is 0 Å². The molecule has 14 heavy (non-hydrogen) atoms. The Kier molecular flexibility index (Phi) is 1.76. The van der Waals surface area contributed by atoms with Crippen LogP contribution in [0.4, 0.5) is 5.69 Å². The standard InChI is InChI=1S/C12H16N2/c1-14-6-2-3-10-7-11(9-4-5-9)13-8-12(10)14/h7-9H,2-6H2,1H3. The van der Waals surface area contributed by atoms with Crippen LogP contribution in [0.5, 0.6) is 0 Å². The number of nitrogens with zero attached hydrogens (tertiary/aromatic N) is 2. The molecule has 0 saturated heterocycles. The highest BCUT2D eigenvalue weighted by Gasteiger charge is 2.26. The molecule has 0 bridgehead atoms. The van der Waals surface area contributed by atoms with Crippen molar-refractivity contribution in [2.45, 2.75) is 31.6 Å². The van der Waals surface area contributed by atoms with Gasteiger partial charge < -0.3 is 4.90 Å². The summed E-state index contributed by atoms with van der Waals surface area (Å²) in [4.78, 5) is 6.88. The molecule has 1 aliphatic carbocycles. The molecule has 1 aromatic heterocycles. The summed E-state index contributed by atoms with van der Waals surface area (Å²) in [5.74, 6) is 0.785. The monoisotopic (exact) mass is 188 g/mol. The number of hydrogen-bond donors (Lipinski definition) is 0. The molecule has 2 nitrogen and oxygen atoms in total. The summed E-state index contributed by atoms with van der Waals surface area (Å²) in [6.45, 7) is 1.18. The van der Waals surface area contributed by atoms with E-state index in [1.807, 2.05) is 0 Å². The molecule has 1 fully saturated rings. The molecule has 0 N–H and O–H groups in total. The van der Waals surface area contributed by atoms with Crippen LogP contribution < -0.4 is 4.90 Å². The van der Waals surface area contributed by atoms with E-state index < -0.39 is 0 Å². The molecule has 1 aliphatic heterocycles. The molecule has 2 aliphatic rings. The third-order valence-corrected chi connectivity index (χ3v) is 3.33. The fourth-order valence-corrected chi connectivity index (χ4v) is 2.28. The number of hydrogen-bond acceptors (Lipinski definition) is 2. The fourth-order valence-electron chi connectivity index (χ4n) is 2.28. The predicted molar refractivity (Wildman–Crippen MR) is 57.8 cm³/mol. The lowest BCUT2D eigenvalue weighted by Gasteiger charge is -2.27. The minimum absolute atomic E-state index is 0.785. The van der Waals surface area contributed by atoms with Crippen LogP contribution >= 0.6 is 0 Å². The van der Waals surface area contributed by atoms with Gasteiger partial charge in [0.25, 0.3) is 0 Å². The highest BCUT2D eigenvalue weighted by atomic mass is 15.1. The van der Waals surface area contributed by atoms with Crippen molar-refractivity contribution >= 4 is 5.69 Å². The van der Waals surface area contributed by atoms with Crippen LogP contribution in [-0.2, 0) is 6.42 Å². The molecule has 1 aromatic rings. The van der Waals surface area contributed by atoms with Gasteiger partial charge in [-0.2, -0.15) is 0 Å². The van der Waals surface area contributed by atoms with E-state index >= 15 is 0 Å². The average molecular weight is 188 g/mol. The van der Waals surface area contributed by atoms with E-state index in [1.54, 1.807) is 0 Å². The summed E-state index contributed by atoms with van der Waals surface area (Å²) in [5, 5.41) is 0. The van der Waals surface area contributed by atoms with Crippen molar-refractivity contribution in [1.82, 2.24) is 4.98 Å². The Balaban J connectivity index is 2.00. The molecule has 1 saturated carbocycles. The topological polar surface area (TPSA) is 16.1 Å². The maximum atomic E-state index is 4.56. The van der Waals surface area contributed by atoms with Gasteiger partial charge in [0.1, 0.15) is 0 Å². The van der Waals surface area contributed by atoms with E-state index in [4.69, 9.17) is 0 Å². The van der Waals surface area contributed by atoms with Crippen LogP contribution in [0.2, 0.25) is 0 Å². The lowest BCUT2D eigenvalue weighted by Crippen LogP contribution is -2.24. The van der Waals surface area contributed by atoms with Crippen molar-refractivity contribution in [2.75, 3.05) is 18.5 Å². The second-order valence-corrected chi connectivity index (χ2v) is 4.54. The van der Waals surface area contributed by atoms with E-state index in [-0.39, 0.29) is 0 Å². The molecule has 0 spiro atoms. The Morgan fingerprint density at radius 1 is 1.43 bits per heavy atom. The highest BCUT2D eigenvalue weighted by Crippen LogP contribution is 2.40. The summed E-state index contributed by atoms with van der Waals surface area (Å²) in [7, 11) is 2.16. The molecule has 0 radical (unpaired) electrons. The van der Waals surface area contributed by atoms with Gasteiger partial charge in [-0.3, -0.25) is 4.98 Å². The third kappa shape index (κ3) is 1.29. The van der Waals surface area contributed by atoms with Crippen LogP contribution in [-0.4, -0.2) is 18.6 Å². The van der Waals surface area contributed by atoms with Crippen LogP contribution in [0, 0.1) is 0 Å². The van der Waals surface area contributed by atoms with Crippen molar-refractivity contribution in [2.24, 2.45) is 0 Å². The van der Waals surface area contributed by atoms with Crippen molar-refractivity contribution in [3.63, 3.8) is 0 Å². The van der Waals surface area contributed by atoms with Gasteiger partial charge >= 0.3 is 0 Å². The molecular weight excluding hydrogens is 172 g/mol. The SMILES string of the molecule is CN1CCCc2cc(C3CC3)ncc21. The van der Waals surface area contributed by atoms with Gasteiger partial charge in [0.15, 0.2) is 0 Å². The molecule has 0 amide bonds. The molecule has 3 rings (SSSR count). The number of anilines is 1. The largest absolute Gasteiger partial charge is 0.373 e. The first-order chi connectivity index (χ1) is 6.84. The van der Waals surface area contributed by atoms with Gasteiger partial charge in [0, 0.05) is 25.2 Å². The smallest absolute Gasteiger partial charge is 0.0582 e. The van der Waals surface area contributed by atoms with E-state index in [0.29, 0.717) is 0 Å². The second kappa shape index (κ2) is 2.97. The quantitative estimate of drug-likeness (QED) is 0.672. The van der Waals surface area contributed by atoms with E-state index in [2.05, 4.69) is 29.2 Å². The molecule has 0 aromatic carbocycles. The first-order valence-electron chi connectivity index (χ1n) is 5.54. The molecule has 0 unspecified atom stereocenters. The number of rotatable bonds is 1. The maximum absolute atomic E-state index is 4.56. The normalized spacial score (nSPS) is 20.8. The fraction of sp³-hybridized carbons (Fsp3) is 0.583. The Hall–Kier alpha value is -1.05. The highest BCUT2D eigenvalue weighted by molar-refractivity contribution is 5.54. The summed E-state index contributed by atoms with van der Waals surface area (Å²) < 4.78 is 0. The van der Waals surface area contributed by atoms with Gasteiger partial charge in [-0.1, -0.05) is 0 Å². The van der Waals surface area contributed by atoms with E-state index in [9.17, 15) is 0 Å². The Morgan fingerprint density at radius 2 is 2.29 bits per heavy atom. The maximum Gasteiger partial charge on any atom is 0.0582 e. The molecule has 2 heteroatoms. The molecule has 2 heterocycles. The van der Waals surface area contributed by atoms with Gasteiger partial charge in [-0.25, -0.2) is 0 Å². The van der Waals surface area contributed by atoms with E-state index in [1.165, 1.54) is 49.2 Å². The number of fused-ring (bicyclic) bond motifs is 1. The number of aryl methyl sites for hydroxylation is 1. The van der Waals surface area contributed by atoms with Crippen LogP contribution in [0.25, 0.3) is 0 Å². The Bertz CT molecular complexity index is 355. The summed E-state index contributed by atoms with van der Waals surface area (Å²) in [5.41, 5.74) is 4.19. The minimum Gasteiger partial charge on any atom is -0.373 e. The van der Waals surface area contributed by atoms with Crippen LogP contribution in [0.15, 0.2) is 12.3 Å². The zero-order chi connectivity index (χ0) is 9.54. The van der Waals surface area contributed by atoms with Crippen molar-refractivity contribution in [3.05, 3.63) is 23.5 Å². The summed E-state index contributed by atoms with van der Waals surface area (Å²) >= 11 is 0. The van der Waals surface area contributed by atoms with Crippen molar-refractivity contribution in [3.8, 4) is 0 Å². The lowest BCUT2D eigenvalue weighted by atomic mass is 10.0.